The van der Waals surface area contributed by atoms with Gasteiger partial charge in [-0.3, -0.25) is 4.79 Å². The number of benzene rings is 3. The maximum Gasteiger partial charge on any atom is 0.278 e. The Hall–Kier alpha value is -3.62. The SMILES string of the molecule is O=C(Cl)/C(=N\OCF)c1nsc(NC(c2ccccc2)(c2ccccc2)c2ccccc2)n1. The summed E-state index contributed by atoms with van der Waals surface area (Å²) < 4.78 is 16.6. The van der Waals surface area contributed by atoms with Gasteiger partial charge >= 0.3 is 0 Å². The Balaban J connectivity index is 1.87. The fraction of sp³-hybridized carbons (Fsp3) is 0.0833. The summed E-state index contributed by atoms with van der Waals surface area (Å²) in [6, 6.07) is 29.8. The summed E-state index contributed by atoms with van der Waals surface area (Å²) in [4.78, 5) is 20.5. The number of alkyl halides is 1. The van der Waals surface area contributed by atoms with Gasteiger partial charge in [0.1, 0.15) is 5.54 Å². The van der Waals surface area contributed by atoms with Crippen LogP contribution in [0.5, 0.6) is 0 Å². The average Bonchev–Trinajstić information content (AvgIpc) is 3.32. The Bertz CT molecular complexity index is 1140. The first-order valence-electron chi connectivity index (χ1n) is 9.89. The largest absolute Gasteiger partial charge is 0.361 e. The van der Waals surface area contributed by atoms with Gasteiger partial charge in [-0.2, -0.15) is 9.36 Å². The molecule has 0 saturated heterocycles. The van der Waals surface area contributed by atoms with Crippen molar-refractivity contribution in [1.82, 2.24) is 9.36 Å². The molecule has 0 radical (unpaired) electrons. The van der Waals surface area contributed by atoms with E-state index in [0.29, 0.717) is 5.13 Å². The van der Waals surface area contributed by atoms with Crippen molar-refractivity contribution >= 4 is 39.2 Å². The molecule has 4 rings (SSSR count). The standard InChI is InChI=1S/C24H18ClFN4O2S/c25-21(31)20(29-32-16-26)22-27-23(33-30-22)28-24(17-10-4-1-5-11-17,18-12-6-2-7-13-18)19-14-8-3-9-15-19/h1-15H,16H2,(H,27,28,30)/b29-20+. The van der Waals surface area contributed by atoms with E-state index in [1.807, 2.05) is 91.0 Å². The predicted octanol–water partition coefficient (Wildman–Crippen LogP) is 5.36. The van der Waals surface area contributed by atoms with Gasteiger partial charge < -0.3 is 10.2 Å². The number of rotatable bonds is 9. The molecule has 0 spiro atoms. The zero-order valence-corrected chi connectivity index (χ0v) is 18.8. The number of oxime groups is 1. The van der Waals surface area contributed by atoms with Crippen LogP contribution in [0.4, 0.5) is 9.52 Å². The van der Waals surface area contributed by atoms with Crippen molar-refractivity contribution in [2.24, 2.45) is 5.16 Å². The first-order valence-corrected chi connectivity index (χ1v) is 11.0. The van der Waals surface area contributed by atoms with Crippen molar-refractivity contribution < 1.29 is 14.0 Å². The number of nitrogens with one attached hydrogen (secondary N) is 1. The number of carbonyl (C=O) groups is 1. The van der Waals surface area contributed by atoms with E-state index >= 15 is 0 Å². The average molecular weight is 481 g/mol. The molecule has 9 heteroatoms. The highest BCUT2D eigenvalue weighted by molar-refractivity contribution is 7.10. The van der Waals surface area contributed by atoms with Crippen molar-refractivity contribution in [2.75, 3.05) is 12.2 Å². The number of anilines is 1. The molecule has 3 aromatic carbocycles. The van der Waals surface area contributed by atoms with E-state index in [9.17, 15) is 9.18 Å². The molecular formula is C24H18ClFN4O2S. The number of aromatic nitrogens is 2. The smallest absolute Gasteiger partial charge is 0.278 e. The van der Waals surface area contributed by atoms with Gasteiger partial charge in [-0.25, -0.2) is 4.39 Å². The third kappa shape index (κ3) is 4.76. The van der Waals surface area contributed by atoms with Crippen molar-refractivity contribution in [2.45, 2.75) is 5.54 Å². The maximum absolute atomic E-state index is 12.4. The van der Waals surface area contributed by atoms with E-state index in [0.717, 1.165) is 28.2 Å². The number of hydrogen-bond acceptors (Lipinski definition) is 7. The second-order valence-electron chi connectivity index (χ2n) is 6.85. The summed E-state index contributed by atoms with van der Waals surface area (Å²) >= 11 is 6.60. The van der Waals surface area contributed by atoms with Crippen LogP contribution < -0.4 is 5.32 Å². The van der Waals surface area contributed by atoms with Crippen LogP contribution in [0.25, 0.3) is 0 Å². The molecule has 0 saturated carbocycles. The molecule has 1 N–H and O–H groups in total. The lowest BCUT2D eigenvalue weighted by atomic mass is 9.77. The molecule has 1 heterocycles. The van der Waals surface area contributed by atoms with Gasteiger partial charge in [0.25, 0.3) is 12.1 Å². The van der Waals surface area contributed by atoms with E-state index in [2.05, 4.69) is 24.7 Å². The molecule has 0 aliphatic carbocycles. The first kappa shape index (κ1) is 22.6. The lowest BCUT2D eigenvalue weighted by molar-refractivity contribution is -0.106. The van der Waals surface area contributed by atoms with E-state index in [-0.39, 0.29) is 11.5 Å². The quantitative estimate of drug-likeness (QED) is 0.151. The summed E-state index contributed by atoms with van der Waals surface area (Å²) in [6.07, 6.45) is 0. The highest BCUT2D eigenvalue weighted by Crippen LogP contribution is 2.40. The highest BCUT2D eigenvalue weighted by Gasteiger charge is 2.37. The van der Waals surface area contributed by atoms with Crippen LogP contribution >= 0.6 is 23.1 Å². The minimum atomic E-state index is -1.21. The predicted molar refractivity (Wildman–Crippen MR) is 127 cm³/mol. The number of hydrogen-bond donors (Lipinski definition) is 1. The maximum atomic E-state index is 12.4. The van der Waals surface area contributed by atoms with Crippen LogP contribution in [-0.2, 0) is 15.2 Å². The molecule has 0 aliphatic rings. The summed E-state index contributed by atoms with van der Waals surface area (Å²) in [5, 5.41) is 6.40. The highest BCUT2D eigenvalue weighted by atomic mass is 35.5. The second kappa shape index (κ2) is 10.3. The Morgan fingerprint density at radius 2 is 1.42 bits per heavy atom. The van der Waals surface area contributed by atoms with E-state index in [1.165, 1.54) is 0 Å². The van der Waals surface area contributed by atoms with Gasteiger partial charge in [0.15, 0.2) is 0 Å². The van der Waals surface area contributed by atoms with Gasteiger partial charge in [-0.15, -0.1) is 0 Å². The molecule has 0 aliphatic heterocycles. The monoisotopic (exact) mass is 480 g/mol. The van der Waals surface area contributed by atoms with Gasteiger partial charge in [-0.1, -0.05) is 96.2 Å². The summed E-state index contributed by atoms with van der Waals surface area (Å²) in [5.41, 5.74) is 1.73. The molecule has 0 atom stereocenters. The zero-order valence-electron chi connectivity index (χ0n) is 17.2. The van der Waals surface area contributed by atoms with E-state index in [1.54, 1.807) is 0 Å². The normalized spacial score (nSPS) is 11.8. The summed E-state index contributed by atoms with van der Waals surface area (Å²) in [5.74, 6) is -0.0564. The molecule has 33 heavy (non-hydrogen) atoms. The van der Waals surface area contributed by atoms with Gasteiger partial charge in [0.05, 0.1) is 0 Å². The molecule has 0 fully saturated rings. The Morgan fingerprint density at radius 3 is 1.85 bits per heavy atom. The van der Waals surface area contributed by atoms with Crippen LogP contribution in [0.15, 0.2) is 96.2 Å². The molecule has 6 nitrogen and oxygen atoms in total. The molecular weight excluding hydrogens is 463 g/mol. The van der Waals surface area contributed by atoms with Crippen molar-refractivity contribution in [1.29, 1.82) is 0 Å². The Morgan fingerprint density at radius 1 is 0.939 bits per heavy atom. The van der Waals surface area contributed by atoms with E-state index in [4.69, 9.17) is 11.6 Å². The van der Waals surface area contributed by atoms with Gasteiger partial charge in [-0.05, 0) is 28.3 Å². The van der Waals surface area contributed by atoms with Crippen molar-refractivity contribution in [3.05, 3.63) is 114 Å². The fourth-order valence-corrected chi connectivity index (χ4v) is 4.31. The molecule has 0 bridgehead atoms. The molecule has 0 unspecified atom stereocenters. The lowest BCUT2D eigenvalue weighted by Gasteiger charge is -2.36. The third-order valence-corrected chi connectivity index (χ3v) is 5.75. The topological polar surface area (TPSA) is 76.5 Å². The Kier molecular flexibility index (Phi) is 7.07. The molecule has 0 amide bonds. The van der Waals surface area contributed by atoms with Gasteiger partial charge in [0.2, 0.25) is 16.7 Å². The minimum Gasteiger partial charge on any atom is -0.361 e. The summed E-state index contributed by atoms with van der Waals surface area (Å²) in [7, 11) is 0. The van der Waals surface area contributed by atoms with Crippen LogP contribution in [0.3, 0.4) is 0 Å². The van der Waals surface area contributed by atoms with Crippen LogP contribution in [0.2, 0.25) is 0 Å². The number of nitrogens with zero attached hydrogens (tertiary/aromatic N) is 3. The van der Waals surface area contributed by atoms with Crippen molar-refractivity contribution in [3.63, 3.8) is 0 Å². The second-order valence-corrected chi connectivity index (χ2v) is 7.94. The number of halogens is 2. The minimum absolute atomic E-state index is 0.0564. The number of carbonyl (C=O) groups excluding carboxylic acids is 1. The molecule has 4 aromatic rings. The molecule has 1 aromatic heterocycles. The first-order chi connectivity index (χ1) is 16.1. The lowest BCUT2D eigenvalue weighted by Crippen LogP contribution is -2.38. The molecule has 166 valence electrons. The Labute approximate surface area is 198 Å². The third-order valence-electron chi connectivity index (χ3n) is 4.94. The van der Waals surface area contributed by atoms with Crippen LogP contribution in [0.1, 0.15) is 22.5 Å². The van der Waals surface area contributed by atoms with E-state index < -0.39 is 17.6 Å². The fourth-order valence-electron chi connectivity index (χ4n) is 3.57. The van der Waals surface area contributed by atoms with Crippen molar-refractivity contribution in [3.8, 4) is 0 Å². The zero-order chi connectivity index (χ0) is 23.1. The van der Waals surface area contributed by atoms with Gasteiger partial charge in [0, 0.05) is 11.5 Å². The summed E-state index contributed by atoms with van der Waals surface area (Å²) in [6.45, 7) is -1.21. The van der Waals surface area contributed by atoms with Crippen LogP contribution in [-0.4, -0.2) is 27.2 Å². The van der Waals surface area contributed by atoms with Crippen LogP contribution in [0, 0.1) is 0 Å².